The summed E-state index contributed by atoms with van der Waals surface area (Å²) in [4.78, 5) is 17.1. The molecule has 5 heteroatoms. The van der Waals surface area contributed by atoms with E-state index in [4.69, 9.17) is 5.26 Å². The van der Waals surface area contributed by atoms with Crippen LogP contribution < -0.4 is 0 Å². The van der Waals surface area contributed by atoms with Gasteiger partial charge < -0.3 is 4.90 Å². The van der Waals surface area contributed by atoms with Gasteiger partial charge in [0.15, 0.2) is 0 Å². The van der Waals surface area contributed by atoms with E-state index in [2.05, 4.69) is 11.1 Å². The van der Waals surface area contributed by atoms with E-state index in [-0.39, 0.29) is 5.91 Å². The molecule has 0 N–H and O–H groups in total. The first-order chi connectivity index (χ1) is 8.63. The number of unbranched alkanes of at least 4 members (excludes halogenated alkanes) is 1. The molecule has 0 spiro atoms. The number of hydrogen-bond donors (Lipinski definition) is 0. The molecule has 1 aromatic rings. The summed E-state index contributed by atoms with van der Waals surface area (Å²) in [5, 5.41) is 9.62. The summed E-state index contributed by atoms with van der Waals surface area (Å²) in [5.74, 6) is 1.09. The summed E-state index contributed by atoms with van der Waals surface area (Å²) in [6.07, 6.45) is 4.11. The van der Waals surface area contributed by atoms with Gasteiger partial charge in [0.2, 0.25) is 5.91 Å². The first-order valence-corrected chi connectivity index (χ1v) is 6.81. The second kappa shape index (κ2) is 7.72. The van der Waals surface area contributed by atoms with E-state index in [0.717, 1.165) is 23.6 Å². The number of pyridine rings is 1. The first kappa shape index (κ1) is 14.5. The molecule has 96 valence electrons. The Kier molecular flexibility index (Phi) is 6.23. The van der Waals surface area contributed by atoms with E-state index < -0.39 is 0 Å². The first-order valence-electron chi connectivity index (χ1n) is 5.82. The van der Waals surface area contributed by atoms with Crippen LogP contribution in [0.15, 0.2) is 23.4 Å². The van der Waals surface area contributed by atoms with Crippen LogP contribution in [0, 0.1) is 11.3 Å². The predicted octanol–water partition coefficient (Wildman–Crippen LogP) is 2.30. The molecule has 1 rings (SSSR count). The van der Waals surface area contributed by atoms with E-state index in [9.17, 15) is 4.79 Å². The smallest absolute Gasteiger partial charge is 0.222 e. The number of aromatic nitrogens is 1. The lowest BCUT2D eigenvalue weighted by molar-refractivity contribution is -0.128. The van der Waals surface area contributed by atoms with E-state index >= 15 is 0 Å². The van der Waals surface area contributed by atoms with Crippen LogP contribution in [0.4, 0.5) is 0 Å². The molecule has 0 aliphatic rings. The molecule has 4 nitrogen and oxygen atoms in total. The van der Waals surface area contributed by atoms with Crippen molar-refractivity contribution in [1.29, 1.82) is 5.26 Å². The molecular formula is C13H17N3OS. The molecule has 1 aromatic heterocycles. The Morgan fingerprint density at radius 2 is 2.28 bits per heavy atom. The summed E-state index contributed by atoms with van der Waals surface area (Å²) in [5.41, 5.74) is 0.635. The lowest BCUT2D eigenvalue weighted by Crippen LogP contribution is -2.21. The lowest BCUT2D eigenvalue weighted by Gasteiger charge is -2.09. The predicted molar refractivity (Wildman–Crippen MR) is 72.2 cm³/mol. The maximum absolute atomic E-state index is 11.3. The average Bonchev–Trinajstić information content (AvgIpc) is 2.38. The van der Waals surface area contributed by atoms with Crippen LogP contribution in [-0.2, 0) is 4.79 Å². The third kappa shape index (κ3) is 5.19. The Labute approximate surface area is 112 Å². The van der Waals surface area contributed by atoms with Crippen molar-refractivity contribution in [2.75, 3.05) is 19.8 Å². The van der Waals surface area contributed by atoms with Crippen molar-refractivity contribution in [3.63, 3.8) is 0 Å². The Hall–Kier alpha value is -1.54. The average molecular weight is 263 g/mol. The van der Waals surface area contributed by atoms with E-state index in [1.54, 1.807) is 49.1 Å². The highest BCUT2D eigenvalue weighted by Gasteiger charge is 2.03. The number of carbonyl (C=O) groups is 1. The fourth-order valence-corrected chi connectivity index (χ4v) is 2.24. The monoisotopic (exact) mass is 263 g/mol. The third-order valence-electron chi connectivity index (χ3n) is 2.40. The molecule has 1 amide bonds. The van der Waals surface area contributed by atoms with Crippen LogP contribution in [-0.4, -0.2) is 35.6 Å². The van der Waals surface area contributed by atoms with Gasteiger partial charge >= 0.3 is 0 Å². The molecule has 0 atom stereocenters. The fraction of sp³-hybridized carbons (Fsp3) is 0.462. The fourth-order valence-electron chi connectivity index (χ4n) is 1.34. The lowest BCUT2D eigenvalue weighted by atomic mass is 10.2. The molecule has 0 radical (unpaired) electrons. The molecule has 0 unspecified atom stereocenters. The van der Waals surface area contributed by atoms with Crippen molar-refractivity contribution in [2.45, 2.75) is 24.3 Å². The molecule has 0 aromatic carbocycles. The Balaban J connectivity index is 2.22. The molecule has 0 saturated carbocycles. The number of nitriles is 1. The highest BCUT2D eigenvalue weighted by molar-refractivity contribution is 7.99. The van der Waals surface area contributed by atoms with Crippen LogP contribution in [0.25, 0.3) is 0 Å². The molecule has 0 aliphatic heterocycles. The largest absolute Gasteiger partial charge is 0.349 e. The van der Waals surface area contributed by atoms with Crippen molar-refractivity contribution in [1.82, 2.24) is 9.88 Å². The number of amides is 1. The van der Waals surface area contributed by atoms with Gasteiger partial charge in [-0.05, 0) is 30.7 Å². The van der Waals surface area contributed by atoms with Gasteiger partial charge in [-0.15, -0.1) is 11.8 Å². The zero-order chi connectivity index (χ0) is 13.4. The highest BCUT2D eigenvalue weighted by atomic mass is 32.2. The Morgan fingerprint density at radius 1 is 1.50 bits per heavy atom. The second-order valence-corrected chi connectivity index (χ2v) is 5.20. The topological polar surface area (TPSA) is 57.0 Å². The van der Waals surface area contributed by atoms with Crippen LogP contribution >= 0.6 is 11.8 Å². The van der Waals surface area contributed by atoms with Gasteiger partial charge in [-0.2, -0.15) is 5.26 Å². The van der Waals surface area contributed by atoms with Gasteiger partial charge in [0.1, 0.15) is 0 Å². The third-order valence-corrected chi connectivity index (χ3v) is 3.41. The van der Waals surface area contributed by atoms with Crippen LogP contribution in [0.5, 0.6) is 0 Å². The molecular weight excluding hydrogens is 246 g/mol. The molecule has 0 bridgehead atoms. The number of thioether (sulfide) groups is 1. The SMILES string of the molecule is CN(C)C(=O)CCCCSc1cc(C#N)ccn1. The van der Waals surface area contributed by atoms with Gasteiger partial charge in [-0.1, -0.05) is 0 Å². The van der Waals surface area contributed by atoms with E-state index in [1.165, 1.54) is 0 Å². The number of nitrogens with zero attached hydrogens (tertiary/aromatic N) is 3. The van der Waals surface area contributed by atoms with Crippen molar-refractivity contribution in [2.24, 2.45) is 0 Å². The summed E-state index contributed by atoms with van der Waals surface area (Å²) in [6, 6.07) is 5.57. The van der Waals surface area contributed by atoms with Crippen LogP contribution in [0.3, 0.4) is 0 Å². The maximum atomic E-state index is 11.3. The van der Waals surface area contributed by atoms with E-state index in [1.807, 2.05) is 0 Å². The van der Waals surface area contributed by atoms with Crippen molar-refractivity contribution >= 4 is 17.7 Å². The van der Waals surface area contributed by atoms with Gasteiger partial charge in [-0.25, -0.2) is 4.98 Å². The maximum Gasteiger partial charge on any atom is 0.222 e. The minimum atomic E-state index is 0.171. The second-order valence-electron chi connectivity index (χ2n) is 4.09. The summed E-state index contributed by atoms with van der Waals surface area (Å²) < 4.78 is 0. The molecule has 1 heterocycles. The van der Waals surface area contributed by atoms with Gasteiger partial charge in [-0.3, -0.25) is 4.79 Å². The van der Waals surface area contributed by atoms with Crippen molar-refractivity contribution in [3.05, 3.63) is 23.9 Å². The van der Waals surface area contributed by atoms with Gasteiger partial charge in [0.05, 0.1) is 16.7 Å². The highest BCUT2D eigenvalue weighted by Crippen LogP contribution is 2.18. The Morgan fingerprint density at radius 3 is 2.94 bits per heavy atom. The van der Waals surface area contributed by atoms with Crippen molar-refractivity contribution in [3.8, 4) is 6.07 Å². The number of rotatable bonds is 6. The molecule has 18 heavy (non-hydrogen) atoms. The van der Waals surface area contributed by atoms with Gasteiger partial charge in [0.25, 0.3) is 0 Å². The quantitative estimate of drug-likeness (QED) is 0.584. The number of carbonyl (C=O) groups excluding carboxylic acids is 1. The van der Waals surface area contributed by atoms with Gasteiger partial charge in [0, 0.05) is 26.7 Å². The standard InChI is InChI=1S/C13H17N3OS/c1-16(2)13(17)5-3-4-8-18-12-9-11(10-14)6-7-15-12/h6-7,9H,3-5,8H2,1-2H3. The summed E-state index contributed by atoms with van der Waals surface area (Å²) in [7, 11) is 3.54. The normalized spacial score (nSPS) is 9.83. The Bertz CT molecular complexity index is 440. The zero-order valence-corrected chi connectivity index (χ0v) is 11.5. The zero-order valence-electron chi connectivity index (χ0n) is 10.7. The summed E-state index contributed by atoms with van der Waals surface area (Å²) in [6.45, 7) is 0. The minimum Gasteiger partial charge on any atom is -0.349 e. The number of hydrogen-bond acceptors (Lipinski definition) is 4. The molecule has 0 saturated heterocycles. The molecule has 0 fully saturated rings. The molecule has 0 aliphatic carbocycles. The minimum absolute atomic E-state index is 0.171. The van der Waals surface area contributed by atoms with E-state index in [0.29, 0.717) is 12.0 Å². The van der Waals surface area contributed by atoms with Crippen molar-refractivity contribution < 1.29 is 4.79 Å². The van der Waals surface area contributed by atoms with Crippen LogP contribution in [0.2, 0.25) is 0 Å². The summed E-state index contributed by atoms with van der Waals surface area (Å²) >= 11 is 1.62. The van der Waals surface area contributed by atoms with Crippen LogP contribution in [0.1, 0.15) is 24.8 Å².